The lowest BCUT2D eigenvalue weighted by atomic mass is 10.2. The Morgan fingerprint density at radius 3 is 2.90 bits per heavy atom. The maximum absolute atomic E-state index is 12.1. The standard InChI is InChI=1S/C14H14N4OS/c1-2-6-20(19)11-5-3-4-10(7-11)14-17-12-8-15-16-9-13(12)18-14/h3-5,7-9H,2,6H2,1H3,(H,17,18). The summed E-state index contributed by atoms with van der Waals surface area (Å²) in [5.74, 6) is 1.42. The molecule has 1 aromatic carbocycles. The highest BCUT2D eigenvalue weighted by Gasteiger charge is 2.08. The molecule has 3 rings (SSSR count). The average Bonchev–Trinajstić information content (AvgIpc) is 2.91. The van der Waals surface area contributed by atoms with E-state index in [0.717, 1.165) is 33.7 Å². The minimum Gasteiger partial charge on any atom is -0.337 e. The molecule has 0 radical (unpaired) electrons. The number of nitrogens with one attached hydrogen (secondary N) is 1. The van der Waals surface area contributed by atoms with Crippen LogP contribution in [0.4, 0.5) is 0 Å². The van der Waals surface area contributed by atoms with Crippen molar-refractivity contribution in [1.82, 2.24) is 20.2 Å². The molecule has 0 saturated carbocycles. The highest BCUT2D eigenvalue weighted by atomic mass is 32.2. The zero-order chi connectivity index (χ0) is 13.9. The van der Waals surface area contributed by atoms with Gasteiger partial charge in [-0.05, 0) is 18.6 Å². The van der Waals surface area contributed by atoms with Crippen LogP contribution in [0.5, 0.6) is 0 Å². The molecule has 2 aromatic heterocycles. The number of hydrogen-bond donors (Lipinski definition) is 1. The number of fused-ring (bicyclic) bond motifs is 1. The number of benzene rings is 1. The second-order valence-electron chi connectivity index (χ2n) is 4.45. The zero-order valence-electron chi connectivity index (χ0n) is 11.0. The van der Waals surface area contributed by atoms with Crippen molar-refractivity contribution in [2.24, 2.45) is 0 Å². The lowest BCUT2D eigenvalue weighted by Gasteiger charge is -2.02. The number of imidazole rings is 1. The van der Waals surface area contributed by atoms with Crippen LogP contribution in [-0.4, -0.2) is 30.1 Å². The van der Waals surface area contributed by atoms with E-state index in [9.17, 15) is 4.21 Å². The van der Waals surface area contributed by atoms with E-state index in [4.69, 9.17) is 0 Å². The Labute approximate surface area is 118 Å². The van der Waals surface area contributed by atoms with Crippen molar-refractivity contribution < 1.29 is 4.21 Å². The van der Waals surface area contributed by atoms with Crippen molar-refractivity contribution in [2.45, 2.75) is 18.2 Å². The van der Waals surface area contributed by atoms with Gasteiger partial charge in [0, 0.05) is 16.2 Å². The largest absolute Gasteiger partial charge is 0.337 e. The summed E-state index contributed by atoms with van der Waals surface area (Å²) in [5.41, 5.74) is 2.54. The summed E-state index contributed by atoms with van der Waals surface area (Å²) in [6.45, 7) is 2.03. The van der Waals surface area contributed by atoms with Gasteiger partial charge in [0.1, 0.15) is 11.3 Å². The lowest BCUT2D eigenvalue weighted by Crippen LogP contribution is -1.96. The van der Waals surface area contributed by atoms with Gasteiger partial charge in [0.2, 0.25) is 0 Å². The quantitative estimate of drug-likeness (QED) is 0.800. The molecule has 1 N–H and O–H groups in total. The summed E-state index contributed by atoms with van der Waals surface area (Å²) in [4.78, 5) is 8.50. The molecule has 20 heavy (non-hydrogen) atoms. The van der Waals surface area contributed by atoms with E-state index in [2.05, 4.69) is 20.2 Å². The van der Waals surface area contributed by atoms with Crippen LogP contribution < -0.4 is 0 Å². The molecule has 0 aliphatic carbocycles. The fourth-order valence-corrected chi connectivity index (χ4v) is 3.10. The first kappa shape index (κ1) is 12.9. The van der Waals surface area contributed by atoms with Crippen LogP contribution >= 0.6 is 0 Å². The molecule has 0 amide bonds. The summed E-state index contributed by atoms with van der Waals surface area (Å²) in [5, 5.41) is 7.63. The minimum atomic E-state index is -0.952. The fourth-order valence-electron chi connectivity index (χ4n) is 2.00. The zero-order valence-corrected chi connectivity index (χ0v) is 11.9. The van der Waals surface area contributed by atoms with E-state index in [-0.39, 0.29) is 0 Å². The van der Waals surface area contributed by atoms with Crippen LogP contribution in [0.15, 0.2) is 41.6 Å². The molecule has 0 fully saturated rings. The van der Waals surface area contributed by atoms with Gasteiger partial charge in [0.15, 0.2) is 0 Å². The Balaban J connectivity index is 2.01. The Morgan fingerprint density at radius 2 is 2.10 bits per heavy atom. The highest BCUT2D eigenvalue weighted by Crippen LogP contribution is 2.21. The van der Waals surface area contributed by atoms with Crippen LogP contribution in [0.3, 0.4) is 0 Å². The number of aromatic nitrogens is 4. The van der Waals surface area contributed by atoms with Gasteiger partial charge in [-0.15, -0.1) is 0 Å². The summed E-state index contributed by atoms with van der Waals surface area (Å²) in [6, 6.07) is 7.67. The van der Waals surface area contributed by atoms with Gasteiger partial charge < -0.3 is 4.98 Å². The van der Waals surface area contributed by atoms with Crippen LogP contribution in [0.1, 0.15) is 13.3 Å². The second-order valence-corrected chi connectivity index (χ2v) is 6.02. The molecule has 0 spiro atoms. The molecule has 0 aliphatic heterocycles. The first-order valence-corrected chi connectivity index (χ1v) is 7.75. The normalized spacial score (nSPS) is 12.7. The summed E-state index contributed by atoms with van der Waals surface area (Å²) < 4.78 is 12.1. The molecular weight excluding hydrogens is 272 g/mol. The monoisotopic (exact) mass is 286 g/mol. The molecule has 2 heterocycles. The van der Waals surface area contributed by atoms with Crippen molar-refractivity contribution in [1.29, 1.82) is 0 Å². The molecule has 3 aromatic rings. The summed E-state index contributed by atoms with van der Waals surface area (Å²) >= 11 is 0. The Bertz CT molecular complexity index is 735. The van der Waals surface area contributed by atoms with Crippen LogP contribution in [0.25, 0.3) is 22.4 Å². The SMILES string of the molecule is CCCS(=O)c1cccc(-c2nc3cnncc3[nH]2)c1. The van der Waals surface area contributed by atoms with E-state index in [1.165, 1.54) is 0 Å². The third-order valence-electron chi connectivity index (χ3n) is 2.95. The van der Waals surface area contributed by atoms with Crippen molar-refractivity contribution in [3.63, 3.8) is 0 Å². The van der Waals surface area contributed by atoms with Gasteiger partial charge in [-0.2, -0.15) is 10.2 Å². The molecule has 6 heteroatoms. The van der Waals surface area contributed by atoms with E-state index >= 15 is 0 Å². The van der Waals surface area contributed by atoms with Crippen molar-refractivity contribution in [3.05, 3.63) is 36.7 Å². The Hall–Kier alpha value is -2.08. The van der Waals surface area contributed by atoms with E-state index in [1.54, 1.807) is 12.4 Å². The predicted molar refractivity (Wildman–Crippen MR) is 78.7 cm³/mol. The Morgan fingerprint density at radius 1 is 1.25 bits per heavy atom. The average molecular weight is 286 g/mol. The summed E-state index contributed by atoms with van der Waals surface area (Å²) in [7, 11) is -0.952. The molecule has 0 aliphatic rings. The third kappa shape index (κ3) is 2.46. The lowest BCUT2D eigenvalue weighted by molar-refractivity contribution is 0.682. The number of nitrogens with zero attached hydrogens (tertiary/aromatic N) is 3. The molecule has 5 nitrogen and oxygen atoms in total. The van der Waals surface area contributed by atoms with Gasteiger partial charge in [-0.3, -0.25) is 4.21 Å². The van der Waals surface area contributed by atoms with Crippen molar-refractivity contribution >= 4 is 21.8 Å². The number of H-pyrrole nitrogens is 1. The minimum absolute atomic E-state index is 0.678. The molecule has 102 valence electrons. The van der Waals surface area contributed by atoms with Crippen molar-refractivity contribution in [3.8, 4) is 11.4 Å². The maximum atomic E-state index is 12.1. The predicted octanol–water partition coefficient (Wildman–Crippen LogP) is 2.54. The Kier molecular flexibility index (Phi) is 3.56. The number of rotatable bonds is 4. The van der Waals surface area contributed by atoms with Gasteiger partial charge in [-0.25, -0.2) is 4.98 Å². The maximum Gasteiger partial charge on any atom is 0.138 e. The highest BCUT2D eigenvalue weighted by molar-refractivity contribution is 7.85. The second kappa shape index (κ2) is 5.50. The van der Waals surface area contributed by atoms with E-state index < -0.39 is 10.8 Å². The first-order chi connectivity index (χ1) is 9.78. The first-order valence-electron chi connectivity index (χ1n) is 6.43. The molecular formula is C14H14N4OS. The van der Waals surface area contributed by atoms with E-state index in [0.29, 0.717) is 5.75 Å². The van der Waals surface area contributed by atoms with Crippen LogP contribution in [0, 0.1) is 0 Å². The molecule has 1 unspecified atom stereocenters. The molecule has 0 saturated heterocycles. The number of hydrogen-bond acceptors (Lipinski definition) is 4. The van der Waals surface area contributed by atoms with Gasteiger partial charge in [0.25, 0.3) is 0 Å². The van der Waals surface area contributed by atoms with Crippen LogP contribution in [-0.2, 0) is 10.8 Å². The van der Waals surface area contributed by atoms with Crippen molar-refractivity contribution in [2.75, 3.05) is 5.75 Å². The number of aromatic amines is 1. The molecule has 1 atom stereocenters. The summed E-state index contributed by atoms with van der Waals surface area (Å²) in [6.07, 6.45) is 4.16. The fraction of sp³-hybridized carbons (Fsp3) is 0.214. The molecule has 0 bridgehead atoms. The van der Waals surface area contributed by atoms with Gasteiger partial charge in [-0.1, -0.05) is 19.1 Å². The third-order valence-corrected chi connectivity index (χ3v) is 4.51. The van der Waals surface area contributed by atoms with Gasteiger partial charge in [0.05, 0.1) is 28.7 Å². The smallest absolute Gasteiger partial charge is 0.138 e. The topological polar surface area (TPSA) is 71.5 Å². The van der Waals surface area contributed by atoms with Crippen LogP contribution in [0.2, 0.25) is 0 Å². The van der Waals surface area contributed by atoms with E-state index in [1.807, 2.05) is 31.2 Å². The van der Waals surface area contributed by atoms with Gasteiger partial charge >= 0.3 is 0 Å².